The lowest BCUT2D eigenvalue weighted by atomic mass is 10.2. The summed E-state index contributed by atoms with van der Waals surface area (Å²) in [5.74, 6) is 0.532. The van der Waals surface area contributed by atoms with Gasteiger partial charge in [0, 0.05) is 25.5 Å². The number of hydrogen-bond donors (Lipinski definition) is 1. The molecule has 2 aromatic rings. The molecule has 0 fully saturated rings. The van der Waals surface area contributed by atoms with E-state index in [4.69, 9.17) is 4.74 Å². The van der Waals surface area contributed by atoms with E-state index in [1.807, 2.05) is 74.4 Å². The van der Waals surface area contributed by atoms with Crippen molar-refractivity contribution in [3.05, 3.63) is 54.1 Å². The average molecular weight is 298 g/mol. The van der Waals surface area contributed by atoms with Gasteiger partial charge in [-0.05, 0) is 55.8 Å². The Balaban J connectivity index is 1.96. The zero-order chi connectivity index (χ0) is 16.1. The number of nitrogens with zero attached hydrogens (tertiary/aromatic N) is 1. The third-order valence-electron chi connectivity index (χ3n) is 3.32. The largest absolute Gasteiger partial charge is 0.481 e. The van der Waals surface area contributed by atoms with E-state index >= 15 is 0 Å². The first-order valence-corrected chi connectivity index (χ1v) is 7.27. The van der Waals surface area contributed by atoms with Crippen molar-refractivity contribution >= 4 is 17.3 Å². The standard InChI is InChI=1S/C18H22N2O2/c1-13-6-5-7-17(12-13)22-14(2)18(21)19-15-8-10-16(11-9-15)20(3)4/h5-12,14H,1-4H3,(H,19,21)/t14-/m1/s1. The lowest BCUT2D eigenvalue weighted by Crippen LogP contribution is -2.30. The molecule has 0 saturated carbocycles. The van der Waals surface area contributed by atoms with Gasteiger partial charge < -0.3 is 15.0 Å². The van der Waals surface area contributed by atoms with E-state index in [-0.39, 0.29) is 5.91 Å². The number of amides is 1. The van der Waals surface area contributed by atoms with Crippen LogP contribution in [-0.4, -0.2) is 26.1 Å². The number of anilines is 2. The summed E-state index contributed by atoms with van der Waals surface area (Å²) in [6, 6.07) is 15.3. The number of ether oxygens (including phenoxy) is 1. The van der Waals surface area contributed by atoms with Crippen molar-refractivity contribution in [3.63, 3.8) is 0 Å². The fourth-order valence-electron chi connectivity index (χ4n) is 2.03. The fourth-order valence-corrected chi connectivity index (χ4v) is 2.03. The Kier molecular flexibility index (Phi) is 5.04. The van der Waals surface area contributed by atoms with Gasteiger partial charge in [-0.25, -0.2) is 0 Å². The van der Waals surface area contributed by atoms with Crippen LogP contribution in [-0.2, 0) is 4.79 Å². The Morgan fingerprint density at radius 2 is 1.82 bits per heavy atom. The highest BCUT2D eigenvalue weighted by molar-refractivity contribution is 5.94. The molecule has 0 radical (unpaired) electrons. The van der Waals surface area contributed by atoms with Gasteiger partial charge in [-0.3, -0.25) is 4.79 Å². The van der Waals surface area contributed by atoms with Crippen LogP contribution in [0.2, 0.25) is 0 Å². The molecule has 116 valence electrons. The molecule has 0 saturated heterocycles. The smallest absolute Gasteiger partial charge is 0.265 e. The second-order valence-corrected chi connectivity index (χ2v) is 5.51. The van der Waals surface area contributed by atoms with Gasteiger partial charge in [0.2, 0.25) is 0 Å². The molecule has 0 unspecified atom stereocenters. The summed E-state index contributed by atoms with van der Waals surface area (Å²) in [4.78, 5) is 14.2. The minimum atomic E-state index is -0.560. The van der Waals surface area contributed by atoms with Crippen molar-refractivity contribution < 1.29 is 9.53 Å². The molecule has 0 aliphatic heterocycles. The third-order valence-corrected chi connectivity index (χ3v) is 3.32. The SMILES string of the molecule is Cc1cccc(O[C@H](C)C(=O)Nc2ccc(N(C)C)cc2)c1. The van der Waals surface area contributed by atoms with Crippen molar-refractivity contribution in [3.8, 4) is 5.75 Å². The van der Waals surface area contributed by atoms with E-state index in [0.29, 0.717) is 5.75 Å². The van der Waals surface area contributed by atoms with Crippen molar-refractivity contribution in [2.75, 3.05) is 24.3 Å². The Labute approximate surface area is 131 Å². The predicted octanol–water partition coefficient (Wildman–Crippen LogP) is 3.47. The number of rotatable bonds is 5. The lowest BCUT2D eigenvalue weighted by molar-refractivity contribution is -0.122. The quantitative estimate of drug-likeness (QED) is 0.919. The molecular formula is C18H22N2O2. The molecule has 4 nitrogen and oxygen atoms in total. The molecule has 1 atom stereocenters. The van der Waals surface area contributed by atoms with Crippen molar-refractivity contribution in [1.29, 1.82) is 0 Å². The van der Waals surface area contributed by atoms with Crippen LogP contribution < -0.4 is 15.0 Å². The van der Waals surface area contributed by atoms with Crippen LogP contribution in [0, 0.1) is 6.92 Å². The fraction of sp³-hybridized carbons (Fsp3) is 0.278. The van der Waals surface area contributed by atoms with E-state index in [1.54, 1.807) is 6.92 Å². The maximum absolute atomic E-state index is 12.2. The average Bonchev–Trinajstić information content (AvgIpc) is 2.47. The lowest BCUT2D eigenvalue weighted by Gasteiger charge is -2.16. The normalized spacial score (nSPS) is 11.6. The first-order valence-electron chi connectivity index (χ1n) is 7.27. The Bertz CT molecular complexity index is 636. The summed E-state index contributed by atoms with van der Waals surface area (Å²) in [6.45, 7) is 3.73. The number of carbonyl (C=O) groups is 1. The van der Waals surface area contributed by atoms with Gasteiger partial charge in [0.1, 0.15) is 5.75 Å². The Morgan fingerprint density at radius 1 is 1.14 bits per heavy atom. The molecular weight excluding hydrogens is 276 g/mol. The van der Waals surface area contributed by atoms with E-state index < -0.39 is 6.10 Å². The zero-order valence-electron chi connectivity index (χ0n) is 13.5. The van der Waals surface area contributed by atoms with Crippen molar-refractivity contribution in [2.24, 2.45) is 0 Å². The number of carbonyl (C=O) groups excluding carboxylic acids is 1. The summed E-state index contributed by atoms with van der Waals surface area (Å²) in [5.41, 5.74) is 2.95. The number of aryl methyl sites for hydroxylation is 1. The molecule has 0 heterocycles. The Morgan fingerprint density at radius 3 is 2.41 bits per heavy atom. The monoisotopic (exact) mass is 298 g/mol. The summed E-state index contributed by atoms with van der Waals surface area (Å²) < 4.78 is 5.67. The first kappa shape index (κ1) is 15.9. The Hall–Kier alpha value is -2.49. The molecule has 2 aromatic carbocycles. The van der Waals surface area contributed by atoms with Crippen LogP contribution in [0.5, 0.6) is 5.75 Å². The minimum Gasteiger partial charge on any atom is -0.481 e. The predicted molar refractivity (Wildman–Crippen MR) is 90.7 cm³/mol. The van der Waals surface area contributed by atoms with E-state index in [2.05, 4.69) is 5.32 Å². The van der Waals surface area contributed by atoms with Gasteiger partial charge in [-0.1, -0.05) is 12.1 Å². The second kappa shape index (κ2) is 6.98. The minimum absolute atomic E-state index is 0.167. The van der Waals surface area contributed by atoms with E-state index in [0.717, 1.165) is 16.9 Å². The van der Waals surface area contributed by atoms with Crippen molar-refractivity contribution in [2.45, 2.75) is 20.0 Å². The summed E-state index contributed by atoms with van der Waals surface area (Å²) in [6.07, 6.45) is -0.560. The number of nitrogens with one attached hydrogen (secondary N) is 1. The van der Waals surface area contributed by atoms with Gasteiger partial charge in [0.25, 0.3) is 5.91 Å². The van der Waals surface area contributed by atoms with Crippen LogP contribution in [0.25, 0.3) is 0 Å². The topological polar surface area (TPSA) is 41.6 Å². The third kappa shape index (κ3) is 4.25. The van der Waals surface area contributed by atoms with Crippen molar-refractivity contribution in [1.82, 2.24) is 0 Å². The van der Waals surface area contributed by atoms with Gasteiger partial charge in [-0.2, -0.15) is 0 Å². The molecule has 0 aliphatic carbocycles. The number of hydrogen-bond acceptors (Lipinski definition) is 3. The molecule has 0 aliphatic rings. The highest BCUT2D eigenvalue weighted by Crippen LogP contribution is 2.17. The summed E-state index contributed by atoms with van der Waals surface area (Å²) in [7, 11) is 3.96. The zero-order valence-corrected chi connectivity index (χ0v) is 13.5. The van der Waals surface area contributed by atoms with Gasteiger partial charge in [0.05, 0.1) is 0 Å². The van der Waals surface area contributed by atoms with Crippen LogP contribution in [0.3, 0.4) is 0 Å². The molecule has 0 spiro atoms. The first-order chi connectivity index (χ1) is 10.5. The van der Waals surface area contributed by atoms with Crippen LogP contribution in [0.4, 0.5) is 11.4 Å². The molecule has 1 amide bonds. The van der Waals surface area contributed by atoms with E-state index in [1.165, 1.54) is 0 Å². The summed E-state index contributed by atoms with van der Waals surface area (Å²) in [5, 5.41) is 2.86. The summed E-state index contributed by atoms with van der Waals surface area (Å²) >= 11 is 0. The molecule has 22 heavy (non-hydrogen) atoms. The molecule has 2 rings (SSSR count). The van der Waals surface area contributed by atoms with Crippen LogP contribution in [0.1, 0.15) is 12.5 Å². The highest BCUT2D eigenvalue weighted by atomic mass is 16.5. The van der Waals surface area contributed by atoms with Crippen LogP contribution in [0.15, 0.2) is 48.5 Å². The highest BCUT2D eigenvalue weighted by Gasteiger charge is 2.15. The maximum atomic E-state index is 12.2. The molecule has 1 N–H and O–H groups in total. The van der Waals surface area contributed by atoms with Crippen LogP contribution >= 0.6 is 0 Å². The molecule has 0 bridgehead atoms. The van der Waals surface area contributed by atoms with E-state index in [9.17, 15) is 4.79 Å². The van der Waals surface area contributed by atoms with Gasteiger partial charge >= 0.3 is 0 Å². The van der Waals surface area contributed by atoms with Gasteiger partial charge in [-0.15, -0.1) is 0 Å². The molecule has 0 aromatic heterocycles. The van der Waals surface area contributed by atoms with Gasteiger partial charge in [0.15, 0.2) is 6.10 Å². The number of benzene rings is 2. The maximum Gasteiger partial charge on any atom is 0.265 e. The molecule has 4 heteroatoms. The second-order valence-electron chi connectivity index (χ2n) is 5.51.